The van der Waals surface area contributed by atoms with E-state index in [0.29, 0.717) is 0 Å². The summed E-state index contributed by atoms with van der Waals surface area (Å²) >= 11 is 0. The minimum Gasteiger partial charge on any atom is -0.248 e. The second-order valence-corrected chi connectivity index (χ2v) is 10.3. The van der Waals surface area contributed by atoms with E-state index in [2.05, 4.69) is 114 Å². The van der Waals surface area contributed by atoms with Gasteiger partial charge in [0.05, 0.1) is 11.2 Å². The van der Waals surface area contributed by atoms with E-state index < -0.39 is 0 Å². The minimum atomic E-state index is 0.105. The van der Waals surface area contributed by atoms with Crippen molar-refractivity contribution in [3.63, 3.8) is 0 Å². The number of pyridine rings is 1. The highest BCUT2D eigenvalue weighted by Crippen LogP contribution is 2.35. The monoisotopic (exact) mass is 393 g/mol. The first-order valence-electron chi connectivity index (χ1n) is 10.7. The summed E-state index contributed by atoms with van der Waals surface area (Å²) in [5.41, 5.74) is 8.66. The van der Waals surface area contributed by atoms with Gasteiger partial charge in [0.15, 0.2) is 0 Å². The third kappa shape index (κ3) is 4.16. The summed E-state index contributed by atoms with van der Waals surface area (Å²) in [5, 5.41) is 1.17. The molecule has 4 aromatic rings. The highest BCUT2D eigenvalue weighted by Gasteiger charge is 2.21. The van der Waals surface area contributed by atoms with Gasteiger partial charge in [0.1, 0.15) is 0 Å². The maximum absolute atomic E-state index is 4.89. The maximum atomic E-state index is 4.89. The van der Waals surface area contributed by atoms with Crippen LogP contribution in [-0.2, 0) is 10.8 Å². The molecule has 0 radical (unpaired) electrons. The molecule has 0 saturated carbocycles. The summed E-state index contributed by atoms with van der Waals surface area (Å²) in [6.07, 6.45) is 0. The number of rotatable bonds is 2. The van der Waals surface area contributed by atoms with Crippen LogP contribution < -0.4 is 0 Å². The minimum absolute atomic E-state index is 0.105. The predicted octanol–water partition coefficient (Wildman–Crippen LogP) is 8.16. The Morgan fingerprint density at radius 1 is 0.533 bits per heavy atom. The molecular weight excluding hydrogens is 362 g/mol. The zero-order valence-electron chi connectivity index (χ0n) is 19.0. The molecule has 0 N–H and O–H groups in total. The van der Waals surface area contributed by atoms with Crippen molar-refractivity contribution in [1.82, 2.24) is 4.98 Å². The summed E-state index contributed by atoms with van der Waals surface area (Å²) in [7, 11) is 0. The Morgan fingerprint density at radius 3 is 1.83 bits per heavy atom. The van der Waals surface area contributed by atoms with Gasteiger partial charge in [-0.25, -0.2) is 4.98 Å². The number of nitrogens with zero attached hydrogens (tertiary/aromatic N) is 1. The maximum Gasteiger partial charge on any atom is 0.0709 e. The van der Waals surface area contributed by atoms with Gasteiger partial charge >= 0.3 is 0 Å². The molecule has 0 fully saturated rings. The van der Waals surface area contributed by atoms with Crippen LogP contribution in [0.15, 0.2) is 78.9 Å². The van der Waals surface area contributed by atoms with Crippen molar-refractivity contribution >= 4 is 10.9 Å². The average Bonchev–Trinajstić information content (AvgIpc) is 2.72. The summed E-state index contributed by atoms with van der Waals surface area (Å²) < 4.78 is 0. The molecule has 0 unspecified atom stereocenters. The lowest BCUT2D eigenvalue weighted by atomic mass is 9.79. The van der Waals surface area contributed by atoms with Crippen LogP contribution in [0.2, 0.25) is 0 Å². The fraction of sp³-hybridized carbons (Fsp3) is 0.276. The fourth-order valence-corrected chi connectivity index (χ4v) is 3.75. The molecule has 0 saturated heterocycles. The van der Waals surface area contributed by atoms with Crippen LogP contribution in [0.1, 0.15) is 52.7 Å². The highest BCUT2D eigenvalue weighted by atomic mass is 14.7. The zero-order valence-corrected chi connectivity index (χ0v) is 19.0. The highest BCUT2D eigenvalue weighted by molar-refractivity contribution is 5.82. The largest absolute Gasteiger partial charge is 0.248 e. The molecule has 0 aliphatic carbocycles. The van der Waals surface area contributed by atoms with Gasteiger partial charge in [-0.3, -0.25) is 0 Å². The normalized spacial score (nSPS) is 12.3. The van der Waals surface area contributed by atoms with Crippen molar-refractivity contribution < 1.29 is 0 Å². The topological polar surface area (TPSA) is 12.9 Å². The van der Waals surface area contributed by atoms with E-state index in [1.807, 2.05) is 6.07 Å². The summed E-state index contributed by atoms with van der Waals surface area (Å²) in [5.74, 6) is 0. The van der Waals surface area contributed by atoms with Crippen molar-refractivity contribution in [2.24, 2.45) is 0 Å². The van der Waals surface area contributed by atoms with Crippen molar-refractivity contribution in [2.45, 2.75) is 52.4 Å². The Kier molecular flexibility index (Phi) is 5.02. The molecule has 0 atom stereocenters. The van der Waals surface area contributed by atoms with Gasteiger partial charge < -0.3 is 0 Å². The molecule has 0 aliphatic heterocycles. The molecule has 1 heteroatoms. The lowest BCUT2D eigenvalue weighted by Crippen LogP contribution is -2.16. The van der Waals surface area contributed by atoms with Gasteiger partial charge in [-0.1, -0.05) is 102 Å². The van der Waals surface area contributed by atoms with Gasteiger partial charge in [0, 0.05) is 10.9 Å². The molecule has 4 rings (SSSR count). The van der Waals surface area contributed by atoms with Crippen LogP contribution in [-0.4, -0.2) is 4.98 Å². The van der Waals surface area contributed by atoms with Gasteiger partial charge in [-0.15, -0.1) is 0 Å². The van der Waals surface area contributed by atoms with Crippen molar-refractivity contribution in [2.75, 3.05) is 0 Å². The van der Waals surface area contributed by atoms with Crippen molar-refractivity contribution in [3.8, 4) is 22.4 Å². The summed E-state index contributed by atoms with van der Waals surface area (Å²) in [6.45, 7) is 13.7. The van der Waals surface area contributed by atoms with E-state index in [1.54, 1.807) is 0 Å². The number of aromatic nitrogens is 1. The van der Waals surface area contributed by atoms with E-state index >= 15 is 0 Å². The smallest absolute Gasteiger partial charge is 0.0709 e. The number of benzene rings is 3. The Labute approximate surface area is 180 Å². The van der Waals surface area contributed by atoms with Gasteiger partial charge in [0.25, 0.3) is 0 Å². The first-order chi connectivity index (χ1) is 14.1. The van der Waals surface area contributed by atoms with Gasteiger partial charge in [-0.05, 0) is 51.3 Å². The van der Waals surface area contributed by atoms with E-state index in [-0.39, 0.29) is 10.8 Å². The van der Waals surface area contributed by atoms with E-state index in [9.17, 15) is 0 Å². The average molecular weight is 394 g/mol. The van der Waals surface area contributed by atoms with Crippen LogP contribution in [0.3, 0.4) is 0 Å². The molecule has 3 aromatic carbocycles. The van der Waals surface area contributed by atoms with E-state index in [4.69, 9.17) is 4.98 Å². The number of hydrogen-bond donors (Lipinski definition) is 0. The Bertz CT molecular complexity index is 1170. The van der Waals surface area contributed by atoms with Gasteiger partial charge in [-0.2, -0.15) is 0 Å². The third-order valence-electron chi connectivity index (χ3n) is 5.76. The number of para-hydroxylation sites is 1. The molecular formula is C29H31N. The standard InChI is InChI=1S/C29H31N/c1-28(2,3)24-17-23(18-25(19-24)29(4,5)6)21-11-9-12-22(16-21)27-15-14-20-10-7-8-13-26(20)30-27/h7-19H,1-6H3. The Morgan fingerprint density at radius 2 is 1.17 bits per heavy atom. The van der Waals surface area contributed by atoms with Crippen LogP contribution in [0.5, 0.6) is 0 Å². The molecule has 30 heavy (non-hydrogen) atoms. The van der Waals surface area contributed by atoms with Crippen LogP contribution in [0.25, 0.3) is 33.3 Å². The van der Waals surface area contributed by atoms with Crippen molar-refractivity contribution in [3.05, 3.63) is 90.0 Å². The lowest BCUT2D eigenvalue weighted by molar-refractivity contribution is 0.569. The SMILES string of the molecule is CC(C)(C)c1cc(-c2cccc(-c3ccc4ccccc4n3)c2)cc(C(C)(C)C)c1. The second-order valence-electron chi connectivity index (χ2n) is 10.3. The van der Waals surface area contributed by atoms with Crippen LogP contribution in [0.4, 0.5) is 0 Å². The molecule has 0 bridgehead atoms. The third-order valence-corrected chi connectivity index (χ3v) is 5.76. The first-order valence-corrected chi connectivity index (χ1v) is 10.7. The van der Waals surface area contributed by atoms with E-state index in [1.165, 1.54) is 27.6 Å². The predicted molar refractivity (Wildman–Crippen MR) is 130 cm³/mol. The molecule has 0 amide bonds. The van der Waals surface area contributed by atoms with Crippen LogP contribution >= 0.6 is 0 Å². The molecule has 1 heterocycles. The number of hydrogen-bond acceptors (Lipinski definition) is 1. The first kappa shape index (κ1) is 20.3. The molecule has 0 aliphatic rings. The number of fused-ring (bicyclic) bond motifs is 1. The fourth-order valence-electron chi connectivity index (χ4n) is 3.75. The lowest BCUT2D eigenvalue weighted by Gasteiger charge is -2.26. The van der Waals surface area contributed by atoms with Crippen LogP contribution in [0, 0.1) is 0 Å². The molecule has 1 aromatic heterocycles. The second kappa shape index (κ2) is 7.40. The Balaban J connectivity index is 1.83. The zero-order chi connectivity index (χ0) is 21.5. The summed E-state index contributed by atoms with van der Waals surface area (Å²) in [6, 6.07) is 28.4. The molecule has 152 valence electrons. The van der Waals surface area contributed by atoms with Crippen molar-refractivity contribution in [1.29, 1.82) is 0 Å². The Hall–Kier alpha value is -2.93. The summed E-state index contributed by atoms with van der Waals surface area (Å²) in [4.78, 5) is 4.89. The quantitative estimate of drug-likeness (QED) is 0.335. The molecule has 1 nitrogen and oxygen atoms in total. The molecule has 0 spiro atoms. The van der Waals surface area contributed by atoms with E-state index in [0.717, 1.165) is 16.8 Å². The van der Waals surface area contributed by atoms with Gasteiger partial charge in [0.2, 0.25) is 0 Å².